The van der Waals surface area contributed by atoms with Crippen molar-refractivity contribution in [3.63, 3.8) is 0 Å². The van der Waals surface area contributed by atoms with Crippen LogP contribution >= 0.6 is 11.6 Å². The number of hydrogen-bond acceptors (Lipinski definition) is 6. The van der Waals surface area contributed by atoms with Crippen LogP contribution in [0.3, 0.4) is 0 Å². The van der Waals surface area contributed by atoms with Crippen molar-refractivity contribution in [3.05, 3.63) is 65.7 Å². The zero-order valence-corrected chi connectivity index (χ0v) is 29.0. The first-order valence-electron chi connectivity index (χ1n) is 15.5. The Morgan fingerprint density at radius 3 is 2.00 bits per heavy atom. The topological polar surface area (TPSA) is 71.1 Å². The van der Waals surface area contributed by atoms with E-state index in [1.807, 2.05) is 19.1 Å². The van der Waals surface area contributed by atoms with Crippen molar-refractivity contribution in [2.45, 2.75) is 117 Å². The Morgan fingerprint density at radius 2 is 1.56 bits per heavy atom. The van der Waals surface area contributed by atoms with E-state index in [9.17, 15) is 9.59 Å². The van der Waals surface area contributed by atoms with E-state index in [0.717, 1.165) is 12.2 Å². The smallest absolute Gasteiger partial charge is 0.326 e. The number of carbonyl (C=O) groups is 2. The summed E-state index contributed by atoms with van der Waals surface area (Å²) in [4.78, 5) is 21.3. The summed E-state index contributed by atoms with van der Waals surface area (Å²) < 4.78 is 21.6. The Bertz CT molecular complexity index is 1080. The van der Waals surface area contributed by atoms with E-state index in [2.05, 4.69) is 95.7 Å². The summed E-state index contributed by atoms with van der Waals surface area (Å²) in [6.45, 7) is 20.8. The molecule has 3 rings (SSSR count). The number of ether oxygens (including phenoxy) is 4. The molecule has 0 N–H and O–H groups in total. The van der Waals surface area contributed by atoms with Gasteiger partial charge in [0, 0.05) is 12.8 Å². The van der Waals surface area contributed by atoms with Gasteiger partial charge in [-0.3, -0.25) is 9.59 Å². The molecule has 2 aromatic rings. The van der Waals surface area contributed by atoms with Crippen molar-refractivity contribution in [1.29, 1.82) is 0 Å². The highest BCUT2D eigenvalue weighted by molar-refractivity contribution is 6.33. The maximum Gasteiger partial charge on any atom is 0.326 e. The van der Waals surface area contributed by atoms with Gasteiger partial charge in [-0.2, -0.15) is 0 Å². The average Bonchev–Trinajstić information content (AvgIpc) is 3.01. The number of benzene rings is 2. The van der Waals surface area contributed by atoms with Crippen LogP contribution in [0.15, 0.2) is 54.6 Å². The molecule has 2 aromatic carbocycles. The minimum absolute atomic E-state index is 0.192. The van der Waals surface area contributed by atoms with Gasteiger partial charge in [0.1, 0.15) is 10.6 Å². The molecular weight excluding hydrogens is 564 g/mol. The lowest BCUT2D eigenvalue weighted by Crippen LogP contribution is -2.49. The Hall–Kier alpha value is -2.57. The molecule has 1 saturated heterocycles. The normalized spacial score (nSPS) is 21.9. The molecule has 0 amide bonds. The molecule has 0 bridgehead atoms. The largest absolute Gasteiger partial charge is 0.468 e. The lowest BCUT2D eigenvalue weighted by molar-refractivity contribution is -0.220. The van der Waals surface area contributed by atoms with E-state index >= 15 is 0 Å². The molecule has 0 spiro atoms. The molecule has 7 heteroatoms. The first kappa shape index (κ1) is 38.5. The quantitative estimate of drug-likeness (QED) is 0.206. The molecular formula is C36H55ClO6. The minimum atomic E-state index is -0.839. The summed E-state index contributed by atoms with van der Waals surface area (Å²) in [6.07, 6.45) is 1.94. The van der Waals surface area contributed by atoms with Crippen LogP contribution in [0.1, 0.15) is 106 Å². The van der Waals surface area contributed by atoms with E-state index in [1.165, 1.54) is 31.6 Å². The van der Waals surface area contributed by atoms with E-state index in [0.29, 0.717) is 30.3 Å². The number of esters is 2. The third kappa shape index (κ3) is 12.5. The van der Waals surface area contributed by atoms with E-state index in [-0.39, 0.29) is 24.0 Å². The van der Waals surface area contributed by atoms with Crippen molar-refractivity contribution in [2.24, 2.45) is 11.8 Å². The fraction of sp³-hybridized carbons (Fsp3) is 0.611. The molecule has 1 aliphatic heterocycles. The molecule has 6 unspecified atom stereocenters. The predicted molar refractivity (Wildman–Crippen MR) is 176 cm³/mol. The Balaban J connectivity index is 0.000000382. The van der Waals surface area contributed by atoms with Gasteiger partial charge in [0.2, 0.25) is 6.29 Å². The molecule has 1 aliphatic rings. The van der Waals surface area contributed by atoms with E-state index in [1.54, 1.807) is 6.92 Å². The van der Waals surface area contributed by atoms with Crippen LogP contribution in [0, 0.1) is 11.8 Å². The van der Waals surface area contributed by atoms with Crippen LogP contribution in [0.25, 0.3) is 0 Å². The van der Waals surface area contributed by atoms with Crippen molar-refractivity contribution >= 4 is 23.5 Å². The standard InChI is InChI=1S/C19H28O4.C11H16.C6H11ClO2/c1-6-12(2)16-7-9-17(10-8-16)23-19-18(22-15(5)20)14(4)13(3)11-21-19;1-4-11(2,3)10-8-6-5-7-9-10;1-4-6(2,7)5(8)9-3/h7-10,12-14,18-19H,6,11H2,1-5H3;5-9H,4H2,1-3H3;4H2,1-3H3. The van der Waals surface area contributed by atoms with Gasteiger partial charge in [-0.05, 0) is 66.7 Å². The molecule has 0 aromatic heterocycles. The predicted octanol–water partition coefficient (Wildman–Crippen LogP) is 9.08. The van der Waals surface area contributed by atoms with Crippen molar-refractivity contribution in [1.82, 2.24) is 0 Å². The fourth-order valence-corrected chi connectivity index (χ4v) is 4.29. The second-order valence-corrected chi connectivity index (χ2v) is 13.1. The zero-order valence-electron chi connectivity index (χ0n) is 28.2. The van der Waals surface area contributed by atoms with Gasteiger partial charge < -0.3 is 18.9 Å². The number of carbonyl (C=O) groups excluding carboxylic acids is 2. The van der Waals surface area contributed by atoms with Crippen molar-refractivity contribution in [2.75, 3.05) is 13.7 Å². The fourth-order valence-electron chi connectivity index (χ4n) is 4.22. The van der Waals surface area contributed by atoms with Gasteiger partial charge in [-0.25, -0.2) is 0 Å². The average molecular weight is 619 g/mol. The summed E-state index contributed by atoms with van der Waals surface area (Å²) >= 11 is 5.70. The summed E-state index contributed by atoms with van der Waals surface area (Å²) in [5, 5.41) is 0. The van der Waals surface area contributed by atoms with Crippen molar-refractivity contribution in [3.8, 4) is 5.75 Å². The van der Waals surface area contributed by atoms with Crippen LogP contribution in [0.4, 0.5) is 0 Å². The summed E-state index contributed by atoms with van der Waals surface area (Å²) in [5.74, 6) is 1.11. The monoisotopic (exact) mass is 618 g/mol. The van der Waals surface area contributed by atoms with Gasteiger partial charge in [0.15, 0.2) is 6.10 Å². The summed E-state index contributed by atoms with van der Waals surface area (Å²) in [5.41, 5.74) is 3.06. The van der Waals surface area contributed by atoms with E-state index < -0.39 is 11.2 Å². The summed E-state index contributed by atoms with van der Waals surface area (Å²) in [7, 11) is 1.33. The number of methoxy groups -OCH3 is 1. The number of halogens is 1. The van der Waals surface area contributed by atoms with Crippen LogP contribution < -0.4 is 4.74 Å². The van der Waals surface area contributed by atoms with Gasteiger partial charge in [0.25, 0.3) is 0 Å². The van der Waals surface area contributed by atoms with Crippen LogP contribution in [-0.4, -0.2) is 42.9 Å². The van der Waals surface area contributed by atoms with Crippen molar-refractivity contribution < 1.29 is 28.5 Å². The third-order valence-electron chi connectivity index (χ3n) is 8.54. The second-order valence-electron chi connectivity index (χ2n) is 12.3. The third-order valence-corrected chi connectivity index (χ3v) is 8.96. The second kappa shape index (κ2) is 18.3. The molecule has 0 radical (unpaired) electrons. The lowest BCUT2D eigenvalue weighted by Gasteiger charge is -2.38. The van der Waals surface area contributed by atoms with Crippen LogP contribution in [0.5, 0.6) is 5.75 Å². The Kier molecular flexibility index (Phi) is 16.4. The minimum Gasteiger partial charge on any atom is -0.468 e. The molecule has 1 heterocycles. The highest BCUT2D eigenvalue weighted by atomic mass is 35.5. The lowest BCUT2D eigenvalue weighted by atomic mass is 9.82. The highest BCUT2D eigenvalue weighted by Crippen LogP contribution is 2.31. The number of alkyl halides is 1. The highest BCUT2D eigenvalue weighted by Gasteiger charge is 2.39. The SMILES string of the molecule is CCC(C)(C)c1ccccc1.CCC(C)(Cl)C(=O)OC.CCC(C)c1ccc(OC2OCC(C)C(C)C2OC(C)=O)cc1. The van der Waals surface area contributed by atoms with Gasteiger partial charge in [-0.15, -0.1) is 11.6 Å². The molecule has 1 fully saturated rings. The van der Waals surface area contributed by atoms with Gasteiger partial charge >= 0.3 is 11.9 Å². The molecule has 0 saturated carbocycles. The van der Waals surface area contributed by atoms with Crippen LogP contribution in [-0.2, 0) is 29.2 Å². The Morgan fingerprint density at radius 1 is 0.977 bits per heavy atom. The maximum absolute atomic E-state index is 11.4. The van der Waals surface area contributed by atoms with Gasteiger partial charge in [0.05, 0.1) is 13.7 Å². The Labute approximate surface area is 265 Å². The molecule has 0 aliphatic carbocycles. The van der Waals surface area contributed by atoms with E-state index in [4.69, 9.17) is 25.8 Å². The zero-order chi connectivity index (χ0) is 32.8. The maximum atomic E-state index is 11.4. The molecule has 43 heavy (non-hydrogen) atoms. The molecule has 6 atom stereocenters. The summed E-state index contributed by atoms with van der Waals surface area (Å²) in [6, 6.07) is 18.7. The first-order valence-corrected chi connectivity index (χ1v) is 15.9. The molecule has 6 nitrogen and oxygen atoms in total. The van der Waals surface area contributed by atoms with Gasteiger partial charge in [-0.1, -0.05) is 97.9 Å². The van der Waals surface area contributed by atoms with Crippen LogP contribution in [0.2, 0.25) is 0 Å². The number of hydrogen-bond donors (Lipinski definition) is 0. The number of rotatable bonds is 9. The first-order chi connectivity index (χ1) is 20.1. The molecule has 242 valence electrons.